The Hall–Kier alpha value is -2.72. The van der Waals surface area contributed by atoms with Gasteiger partial charge in [0.15, 0.2) is 13.9 Å². The zero-order valence-corrected chi connectivity index (χ0v) is 21.7. The molecule has 4 atom stereocenters. The number of ether oxygens (including phenoxy) is 2. The fourth-order valence-electron chi connectivity index (χ4n) is 5.72. The molecule has 2 amide bonds. The molecule has 0 radical (unpaired) electrons. The average molecular weight is 499 g/mol. The summed E-state index contributed by atoms with van der Waals surface area (Å²) in [6.07, 6.45) is -0.642. The molecule has 3 N–H and O–H groups in total. The van der Waals surface area contributed by atoms with Gasteiger partial charge in [-0.1, -0.05) is 37.3 Å². The van der Waals surface area contributed by atoms with Crippen LogP contribution in [0.15, 0.2) is 48.5 Å². The number of carbonyl (C=O) groups is 2. The van der Waals surface area contributed by atoms with E-state index in [1.165, 1.54) is 0 Å². The molecule has 1 fully saturated rings. The van der Waals surface area contributed by atoms with Crippen molar-refractivity contribution in [3.05, 3.63) is 59.7 Å². The minimum absolute atomic E-state index is 0.00711. The van der Waals surface area contributed by atoms with Gasteiger partial charge in [0.1, 0.15) is 5.75 Å². The Labute approximate surface area is 207 Å². The van der Waals surface area contributed by atoms with Crippen molar-refractivity contribution < 1.29 is 29.0 Å². The SMILES string of the molecule is COc1ccc2c(c1)[C@@]1(O[C@H](CC(=O)N(CCO)Cc3ccccc3)[C@@H]([Si](C)(C)O)[C@@H]1C)C(=O)N2. The van der Waals surface area contributed by atoms with Crippen LogP contribution in [0, 0.1) is 5.92 Å². The van der Waals surface area contributed by atoms with Crippen LogP contribution >= 0.6 is 0 Å². The van der Waals surface area contributed by atoms with Gasteiger partial charge in [0.2, 0.25) is 5.91 Å². The number of hydrogen-bond acceptors (Lipinski definition) is 6. The number of benzene rings is 2. The second-order valence-electron chi connectivity index (χ2n) is 9.95. The normalized spacial score (nSPS) is 25.4. The molecule has 1 spiro atoms. The van der Waals surface area contributed by atoms with E-state index < -0.39 is 20.0 Å². The first-order valence-corrected chi connectivity index (χ1v) is 15.0. The summed E-state index contributed by atoms with van der Waals surface area (Å²) < 4.78 is 11.9. The third-order valence-electron chi connectivity index (χ3n) is 7.26. The number of rotatable bonds is 8. The number of nitrogens with one attached hydrogen (secondary N) is 1. The Morgan fingerprint density at radius 3 is 2.57 bits per heavy atom. The molecule has 2 heterocycles. The minimum Gasteiger partial charge on any atom is -0.497 e. The number of aliphatic hydroxyl groups is 1. The number of amides is 2. The number of fused-ring (bicyclic) bond motifs is 2. The van der Waals surface area contributed by atoms with E-state index in [1.54, 1.807) is 30.2 Å². The van der Waals surface area contributed by atoms with Gasteiger partial charge in [-0.25, -0.2) is 0 Å². The number of aliphatic hydroxyl groups excluding tert-OH is 1. The van der Waals surface area contributed by atoms with Gasteiger partial charge in [0.05, 0.1) is 26.2 Å². The maximum atomic E-state index is 13.5. The van der Waals surface area contributed by atoms with E-state index in [0.29, 0.717) is 23.5 Å². The third-order valence-corrected chi connectivity index (χ3v) is 9.76. The molecular weight excluding hydrogens is 464 g/mol. The van der Waals surface area contributed by atoms with E-state index in [0.717, 1.165) is 5.56 Å². The zero-order valence-electron chi connectivity index (χ0n) is 20.7. The van der Waals surface area contributed by atoms with Crippen LogP contribution in [0.25, 0.3) is 0 Å². The molecule has 0 bridgehead atoms. The molecule has 2 aliphatic heterocycles. The van der Waals surface area contributed by atoms with Crippen molar-refractivity contribution in [2.45, 2.75) is 50.2 Å². The Balaban J connectivity index is 1.66. The Kier molecular flexibility index (Phi) is 7.06. The largest absolute Gasteiger partial charge is 0.497 e. The number of hydrogen-bond donors (Lipinski definition) is 3. The van der Waals surface area contributed by atoms with Gasteiger partial charge in [0.25, 0.3) is 5.91 Å². The molecule has 9 heteroatoms. The number of anilines is 1. The van der Waals surface area contributed by atoms with Crippen molar-refractivity contribution in [2.75, 3.05) is 25.6 Å². The van der Waals surface area contributed by atoms with E-state index in [2.05, 4.69) is 5.32 Å². The van der Waals surface area contributed by atoms with Crippen LogP contribution in [-0.2, 0) is 26.5 Å². The first-order chi connectivity index (χ1) is 16.6. The summed E-state index contributed by atoms with van der Waals surface area (Å²) in [5.74, 6) is -0.239. The Morgan fingerprint density at radius 2 is 1.94 bits per heavy atom. The van der Waals surface area contributed by atoms with E-state index in [9.17, 15) is 19.5 Å². The lowest BCUT2D eigenvalue weighted by atomic mass is 9.82. The lowest BCUT2D eigenvalue weighted by Crippen LogP contribution is -2.44. The van der Waals surface area contributed by atoms with Gasteiger partial charge < -0.3 is 29.6 Å². The Bertz CT molecular complexity index is 1090. The highest BCUT2D eigenvalue weighted by Crippen LogP contribution is 2.58. The second-order valence-corrected chi connectivity index (χ2v) is 13.9. The molecule has 2 aromatic rings. The van der Waals surface area contributed by atoms with Gasteiger partial charge in [-0.2, -0.15) is 0 Å². The van der Waals surface area contributed by atoms with Crippen LogP contribution < -0.4 is 10.1 Å². The van der Waals surface area contributed by atoms with Crippen molar-refractivity contribution in [3.63, 3.8) is 0 Å². The molecular formula is C26H34N2O6Si. The summed E-state index contributed by atoms with van der Waals surface area (Å²) in [5.41, 5.74) is 0.604. The molecule has 0 aromatic heterocycles. The summed E-state index contributed by atoms with van der Waals surface area (Å²) in [6, 6.07) is 14.9. The standard InChI is InChI=1S/C26H34N2O6Si/c1-17-24(35(3,4)32)22(15-23(30)28(12-13-29)16-18-8-6-5-7-9-18)34-26(17)20-14-19(33-2)10-11-21(20)27-25(26)31/h5-11,14,17,22,24,29,32H,12-13,15-16H2,1-4H3,(H,27,31)/t17-,22+,24-,26+/m0/s1. The van der Waals surface area contributed by atoms with Crippen molar-refractivity contribution in [2.24, 2.45) is 5.92 Å². The molecule has 0 unspecified atom stereocenters. The monoisotopic (exact) mass is 498 g/mol. The van der Waals surface area contributed by atoms with Gasteiger partial charge in [-0.15, -0.1) is 0 Å². The molecule has 8 nitrogen and oxygen atoms in total. The molecule has 4 rings (SSSR count). The molecule has 35 heavy (non-hydrogen) atoms. The van der Waals surface area contributed by atoms with Crippen LogP contribution in [0.2, 0.25) is 18.6 Å². The van der Waals surface area contributed by atoms with Crippen LogP contribution in [0.3, 0.4) is 0 Å². The summed E-state index contributed by atoms with van der Waals surface area (Å²) in [6.45, 7) is 5.95. The summed E-state index contributed by atoms with van der Waals surface area (Å²) in [7, 11) is -1.30. The van der Waals surface area contributed by atoms with Crippen molar-refractivity contribution in [1.29, 1.82) is 0 Å². The van der Waals surface area contributed by atoms with Crippen LogP contribution in [0.4, 0.5) is 5.69 Å². The average Bonchev–Trinajstić information content (AvgIpc) is 3.27. The predicted octanol–water partition coefficient (Wildman–Crippen LogP) is 2.86. The molecule has 2 aliphatic rings. The van der Waals surface area contributed by atoms with Gasteiger partial charge in [-0.05, 0) is 36.9 Å². The lowest BCUT2D eigenvalue weighted by molar-refractivity contribution is -0.148. The second kappa shape index (κ2) is 9.73. The van der Waals surface area contributed by atoms with Gasteiger partial charge >= 0.3 is 0 Å². The van der Waals surface area contributed by atoms with Crippen molar-refractivity contribution >= 4 is 25.8 Å². The molecule has 188 valence electrons. The van der Waals surface area contributed by atoms with E-state index in [-0.39, 0.29) is 42.8 Å². The fraction of sp³-hybridized carbons (Fsp3) is 0.462. The maximum Gasteiger partial charge on any atom is 0.261 e. The highest BCUT2D eigenvalue weighted by molar-refractivity contribution is 6.71. The molecule has 1 saturated heterocycles. The highest BCUT2D eigenvalue weighted by Gasteiger charge is 2.65. The van der Waals surface area contributed by atoms with E-state index >= 15 is 0 Å². The third kappa shape index (κ3) is 4.61. The fourth-order valence-corrected chi connectivity index (χ4v) is 8.27. The summed E-state index contributed by atoms with van der Waals surface area (Å²) in [5, 5.41) is 12.5. The lowest BCUT2D eigenvalue weighted by Gasteiger charge is -2.32. The van der Waals surface area contributed by atoms with E-state index in [4.69, 9.17) is 9.47 Å². The van der Waals surface area contributed by atoms with E-state index in [1.807, 2.05) is 50.3 Å². The number of carbonyl (C=O) groups excluding carboxylic acids is 2. The molecule has 0 saturated carbocycles. The first kappa shape index (κ1) is 25.4. The quantitative estimate of drug-likeness (QED) is 0.483. The van der Waals surface area contributed by atoms with Crippen LogP contribution in [-0.4, -0.2) is 61.3 Å². The number of methoxy groups -OCH3 is 1. The highest BCUT2D eigenvalue weighted by atomic mass is 28.4. The Morgan fingerprint density at radius 1 is 1.23 bits per heavy atom. The molecule has 2 aromatic carbocycles. The van der Waals surface area contributed by atoms with Crippen LogP contribution in [0.1, 0.15) is 24.5 Å². The van der Waals surface area contributed by atoms with Crippen molar-refractivity contribution in [1.82, 2.24) is 4.90 Å². The summed E-state index contributed by atoms with van der Waals surface area (Å²) >= 11 is 0. The molecule has 0 aliphatic carbocycles. The minimum atomic E-state index is -2.87. The predicted molar refractivity (Wildman–Crippen MR) is 134 cm³/mol. The van der Waals surface area contributed by atoms with Gasteiger partial charge in [0, 0.05) is 35.8 Å². The smallest absolute Gasteiger partial charge is 0.261 e. The number of nitrogens with zero attached hydrogens (tertiary/aromatic N) is 1. The summed E-state index contributed by atoms with van der Waals surface area (Å²) in [4.78, 5) is 39.7. The topological polar surface area (TPSA) is 108 Å². The maximum absolute atomic E-state index is 13.5. The van der Waals surface area contributed by atoms with Crippen LogP contribution in [0.5, 0.6) is 5.75 Å². The zero-order chi connectivity index (χ0) is 25.4. The first-order valence-electron chi connectivity index (χ1n) is 11.9. The van der Waals surface area contributed by atoms with Gasteiger partial charge in [-0.3, -0.25) is 9.59 Å². The van der Waals surface area contributed by atoms with Crippen molar-refractivity contribution in [3.8, 4) is 5.75 Å².